The molecular formula is C29H30Cl3N3O4S. The molecule has 1 aliphatic rings. The van der Waals surface area contributed by atoms with Crippen molar-refractivity contribution in [2.45, 2.75) is 56.1 Å². The van der Waals surface area contributed by atoms with Crippen LogP contribution in [0, 0.1) is 0 Å². The molecule has 212 valence electrons. The van der Waals surface area contributed by atoms with Crippen molar-refractivity contribution in [2.75, 3.05) is 10.8 Å². The Morgan fingerprint density at radius 1 is 0.925 bits per heavy atom. The lowest BCUT2D eigenvalue weighted by Crippen LogP contribution is -2.52. The normalized spacial score (nSPS) is 14.5. The number of hydrogen-bond acceptors (Lipinski definition) is 4. The molecule has 1 N–H and O–H groups in total. The average molecular weight is 623 g/mol. The van der Waals surface area contributed by atoms with E-state index in [2.05, 4.69) is 5.32 Å². The number of amides is 2. The summed E-state index contributed by atoms with van der Waals surface area (Å²) in [5.74, 6) is -0.898. The van der Waals surface area contributed by atoms with E-state index in [1.54, 1.807) is 49.4 Å². The number of carbonyl (C=O) groups excluding carboxylic acids is 2. The van der Waals surface area contributed by atoms with Crippen LogP contribution in [-0.2, 0) is 26.2 Å². The number of carbonyl (C=O) groups is 2. The second-order valence-corrected chi connectivity index (χ2v) is 12.9. The van der Waals surface area contributed by atoms with Gasteiger partial charge in [-0.15, -0.1) is 0 Å². The van der Waals surface area contributed by atoms with E-state index in [9.17, 15) is 18.0 Å². The monoisotopic (exact) mass is 621 g/mol. The molecule has 0 bridgehead atoms. The Bertz CT molecular complexity index is 1460. The molecule has 0 unspecified atom stereocenters. The van der Waals surface area contributed by atoms with Crippen LogP contribution in [0.3, 0.4) is 0 Å². The van der Waals surface area contributed by atoms with Gasteiger partial charge in [-0.1, -0.05) is 78.0 Å². The third-order valence-corrected chi connectivity index (χ3v) is 9.46. The van der Waals surface area contributed by atoms with Gasteiger partial charge in [-0.25, -0.2) is 8.42 Å². The quantitative estimate of drug-likeness (QED) is 0.287. The Labute approximate surface area is 250 Å². The van der Waals surface area contributed by atoms with E-state index in [4.69, 9.17) is 34.8 Å². The molecule has 40 heavy (non-hydrogen) atoms. The lowest BCUT2D eigenvalue weighted by molar-refractivity contribution is -0.139. The van der Waals surface area contributed by atoms with Crippen LogP contribution in [0.4, 0.5) is 5.69 Å². The molecule has 1 fully saturated rings. The van der Waals surface area contributed by atoms with Gasteiger partial charge in [0.25, 0.3) is 10.0 Å². The third kappa shape index (κ3) is 7.29. The zero-order valence-electron chi connectivity index (χ0n) is 21.9. The fraction of sp³-hybridized carbons (Fsp3) is 0.310. The van der Waals surface area contributed by atoms with Crippen molar-refractivity contribution >= 4 is 62.3 Å². The van der Waals surface area contributed by atoms with Gasteiger partial charge >= 0.3 is 0 Å². The summed E-state index contributed by atoms with van der Waals surface area (Å²) in [5, 5.41) is 3.87. The zero-order valence-corrected chi connectivity index (χ0v) is 25.0. The molecular weight excluding hydrogens is 593 g/mol. The number of rotatable bonds is 10. The first-order chi connectivity index (χ1) is 19.1. The van der Waals surface area contributed by atoms with Gasteiger partial charge in [0.1, 0.15) is 12.6 Å². The van der Waals surface area contributed by atoms with Gasteiger partial charge < -0.3 is 10.2 Å². The van der Waals surface area contributed by atoms with E-state index in [0.29, 0.717) is 10.6 Å². The highest BCUT2D eigenvalue weighted by atomic mass is 35.5. The summed E-state index contributed by atoms with van der Waals surface area (Å²) < 4.78 is 28.6. The van der Waals surface area contributed by atoms with Crippen molar-refractivity contribution in [1.29, 1.82) is 0 Å². The number of halogens is 3. The molecule has 0 aromatic heterocycles. The first-order valence-corrected chi connectivity index (χ1v) is 15.5. The fourth-order valence-electron chi connectivity index (χ4n) is 4.72. The predicted octanol–water partition coefficient (Wildman–Crippen LogP) is 6.32. The maximum Gasteiger partial charge on any atom is 0.264 e. The maximum absolute atomic E-state index is 14.0. The van der Waals surface area contributed by atoms with Gasteiger partial charge in [0.2, 0.25) is 11.8 Å². The smallest absolute Gasteiger partial charge is 0.264 e. The molecule has 0 saturated heterocycles. The molecule has 1 saturated carbocycles. The van der Waals surface area contributed by atoms with E-state index in [1.807, 2.05) is 0 Å². The molecule has 0 spiro atoms. The van der Waals surface area contributed by atoms with Crippen LogP contribution in [0.5, 0.6) is 0 Å². The van der Waals surface area contributed by atoms with Gasteiger partial charge in [0.05, 0.1) is 15.6 Å². The SMILES string of the molecule is C[C@H](C(=O)NC1CCCC1)N(Cc1cccc(Cl)c1)C(=O)CN(c1cc(Cl)ccc1Cl)S(=O)(=O)c1ccccc1. The van der Waals surface area contributed by atoms with Crippen molar-refractivity contribution in [3.8, 4) is 0 Å². The lowest BCUT2D eigenvalue weighted by Gasteiger charge is -2.32. The Morgan fingerprint density at radius 3 is 2.27 bits per heavy atom. The number of nitrogens with one attached hydrogen (secondary N) is 1. The van der Waals surface area contributed by atoms with Crippen LogP contribution in [0.15, 0.2) is 77.7 Å². The molecule has 2 amide bonds. The van der Waals surface area contributed by atoms with E-state index in [0.717, 1.165) is 30.0 Å². The topological polar surface area (TPSA) is 86.8 Å². The highest BCUT2D eigenvalue weighted by Gasteiger charge is 2.34. The molecule has 0 radical (unpaired) electrons. The molecule has 7 nitrogen and oxygen atoms in total. The van der Waals surface area contributed by atoms with Crippen molar-refractivity contribution in [2.24, 2.45) is 0 Å². The summed E-state index contributed by atoms with van der Waals surface area (Å²) in [7, 11) is -4.25. The number of sulfonamides is 1. The van der Waals surface area contributed by atoms with E-state index in [1.165, 1.54) is 35.2 Å². The molecule has 3 aromatic carbocycles. The minimum absolute atomic E-state index is 0.0211. The molecule has 3 aromatic rings. The van der Waals surface area contributed by atoms with E-state index in [-0.39, 0.29) is 39.1 Å². The number of anilines is 1. The summed E-state index contributed by atoms with van der Waals surface area (Å²) in [5.41, 5.74) is 0.747. The zero-order chi connectivity index (χ0) is 28.9. The van der Waals surface area contributed by atoms with Gasteiger partial charge in [-0.2, -0.15) is 0 Å². The summed E-state index contributed by atoms with van der Waals surface area (Å²) in [6.45, 7) is 1.06. The Hall–Kier alpha value is -2.78. The van der Waals surface area contributed by atoms with Crippen LogP contribution >= 0.6 is 34.8 Å². The molecule has 0 aliphatic heterocycles. The molecule has 1 atom stereocenters. The van der Waals surface area contributed by atoms with Crippen LogP contribution < -0.4 is 9.62 Å². The average Bonchev–Trinajstić information content (AvgIpc) is 3.45. The second kappa shape index (κ2) is 13.3. The Morgan fingerprint density at radius 2 is 1.60 bits per heavy atom. The summed E-state index contributed by atoms with van der Waals surface area (Å²) in [6.07, 6.45) is 3.85. The van der Waals surface area contributed by atoms with Crippen LogP contribution in [-0.4, -0.2) is 43.8 Å². The fourth-order valence-corrected chi connectivity index (χ4v) is 6.81. The first kappa shape index (κ1) is 30.2. The van der Waals surface area contributed by atoms with Gasteiger partial charge in [-0.3, -0.25) is 13.9 Å². The standard InChI is InChI=1S/C29H30Cl3N3O4S/c1-20(29(37)33-24-10-5-6-11-24)34(18-21-8-7-9-22(30)16-21)28(36)19-35(27-17-23(31)14-15-26(27)32)40(38,39)25-12-3-2-4-13-25/h2-4,7-9,12-17,20,24H,5-6,10-11,18-19H2,1H3,(H,33,37)/t20-/m1/s1. The molecule has 0 heterocycles. The summed E-state index contributed by atoms with van der Waals surface area (Å²) in [4.78, 5) is 28.6. The summed E-state index contributed by atoms with van der Waals surface area (Å²) in [6, 6.07) is 18.3. The lowest BCUT2D eigenvalue weighted by atomic mass is 10.1. The largest absolute Gasteiger partial charge is 0.352 e. The molecule has 11 heteroatoms. The third-order valence-electron chi connectivity index (χ3n) is 6.90. The first-order valence-electron chi connectivity index (χ1n) is 12.9. The Balaban J connectivity index is 1.71. The van der Waals surface area contributed by atoms with E-state index >= 15 is 0 Å². The number of nitrogens with zero attached hydrogens (tertiary/aromatic N) is 2. The van der Waals surface area contributed by atoms with Gasteiger partial charge in [0, 0.05) is 22.6 Å². The minimum atomic E-state index is -4.25. The number of benzene rings is 3. The van der Waals surface area contributed by atoms with Crippen LogP contribution in [0.25, 0.3) is 0 Å². The maximum atomic E-state index is 14.0. The second-order valence-electron chi connectivity index (χ2n) is 9.74. The number of hydrogen-bond donors (Lipinski definition) is 1. The molecule has 1 aliphatic carbocycles. The van der Waals surface area contributed by atoms with Crippen molar-refractivity contribution in [3.63, 3.8) is 0 Å². The van der Waals surface area contributed by atoms with Crippen molar-refractivity contribution in [3.05, 3.63) is 93.4 Å². The Kier molecular flexibility index (Phi) is 10.0. The highest BCUT2D eigenvalue weighted by Crippen LogP contribution is 2.33. The van der Waals surface area contributed by atoms with Crippen LogP contribution in [0.1, 0.15) is 38.2 Å². The van der Waals surface area contributed by atoms with Gasteiger partial charge in [-0.05, 0) is 67.8 Å². The van der Waals surface area contributed by atoms with Crippen molar-refractivity contribution < 1.29 is 18.0 Å². The van der Waals surface area contributed by atoms with Crippen molar-refractivity contribution in [1.82, 2.24) is 10.2 Å². The van der Waals surface area contributed by atoms with Crippen LogP contribution in [0.2, 0.25) is 15.1 Å². The summed E-state index contributed by atoms with van der Waals surface area (Å²) >= 11 is 18.8. The predicted molar refractivity (Wildman–Crippen MR) is 159 cm³/mol. The highest BCUT2D eigenvalue weighted by molar-refractivity contribution is 7.92. The molecule has 4 rings (SSSR count). The van der Waals surface area contributed by atoms with E-state index < -0.39 is 28.5 Å². The minimum Gasteiger partial charge on any atom is -0.352 e. The van der Waals surface area contributed by atoms with Gasteiger partial charge in [0.15, 0.2) is 0 Å².